The third-order valence-electron chi connectivity index (χ3n) is 0.780. The summed E-state index contributed by atoms with van der Waals surface area (Å²) in [5.74, 6) is -0.354. The molecule has 0 spiro atoms. The van der Waals surface area contributed by atoms with E-state index >= 15 is 0 Å². The molecule has 0 aromatic rings. The van der Waals surface area contributed by atoms with E-state index in [1.807, 2.05) is 13.0 Å². The monoisotopic (exact) mass is 139 g/mol. The van der Waals surface area contributed by atoms with Crippen molar-refractivity contribution in [3.05, 3.63) is 31.2 Å². The lowest BCUT2D eigenvalue weighted by atomic mass is 10.4. The van der Waals surface area contributed by atoms with Crippen LogP contribution in [0.5, 0.6) is 0 Å². The Kier molecular flexibility index (Phi) is 5.44. The number of rotatable bonds is 3. The summed E-state index contributed by atoms with van der Waals surface area (Å²) in [5.41, 5.74) is 0. The molecule has 1 radical (unpaired) electrons. The molecule has 0 rings (SSSR count). The molecule has 0 aliphatic carbocycles. The van der Waals surface area contributed by atoms with Gasteiger partial charge in [0.2, 0.25) is 0 Å². The van der Waals surface area contributed by atoms with Crippen molar-refractivity contribution in [2.45, 2.75) is 6.92 Å². The number of hydrogen-bond acceptors (Lipinski definition) is 2. The fourth-order valence-electron chi connectivity index (χ4n) is 0.394. The van der Waals surface area contributed by atoms with Crippen LogP contribution in [0.25, 0.3) is 0 Å². The summed E-state index contributed by atoms with van der Waals surface area (Å²) in [6.45, 7) is 5.41. The highest BCUT2D eigenvalue weighted by atomic mass is 16.5. The molecule has 0 unspecified atom stereocenters. The Balaban J connectivity index is 3.56. The van der Waals surface area contributed by atoms with E-state index in [4.69, 9.17) is 0 Å². The highest BCUT2D eigenvalue weighted by Crippen LogP contribution is 1.81. The normalized spacial score (nSPS) is 11.0. The molecule has 0 amide bonds. The second-order valence-corrected chi connectivity index (χ2v) is 1.55. The molecule has 0 aliphatic heterocycles. The van der Waals surface area contributed by atoms with Gasteiger partial charge < -0.3 is 4.74 Å². The van der Waals surface area contributed by atoms with E-state index in [0.717, 1.165) is 0 Å². The van der Waals surface area contributed by atoms with Crippen LogP contribution in [0.15, 0.2) is 24.3 Å². The summed E-state index contributed by atoms with van der Waals surface area (Å²) in [5, 5.41) is 0. The Morgan fingerprint density at radius 1 is 1.60 bits per heavy atom. The summed E-state index contributed by atoms with van der Waals surface area (Å²) in [6, 6.07) is 0. The van der Waals surface area contributed by atoms with Crippen molar-refractivity contribution in [3.63, 3.8) is 0 Å². The number of hydrogen-bond donors (Lipinski definition) is 0. The molecule has 0 N–H and O–H groups in total. The van der Waals surface area contributed by atoms with Crippen LogP contribution in [0.1, 0.15) is 6.92 Å². The first kappa shape index (κ1) is 8.95. The number of carbonyl (C=O) groups excluding carboxylic acids is 1. The summed E-state index contributed by atoms with van der Waals surface area (Å²) >= 11 is 0. The Labute approximate surface area is 61.2 Å². The third-order valence-corrected chi connectivity index (χ3v) is 0.780. The average Bonchev–Trinajstić information content (AvgIpc) is 1.89. The van der Waals surface area contributed by atoms with Crippen molar-refractivity contribution >= 4 is 5.97 Å². The smallest absolute Gasteiger partial charge is 0.330 e. The average molecular weight is 139 g/mol. The quantitative estimate of drug-likeness (QED) is 0.336. The Morgan fingerprint density at radius 2 is 2.30 bits per heavy atom. The van der Waals surface area contributed by atoms with Crippen molar-refractivity contribution in [2.24, 2.45) is 0 Å². The molecule has 2 nitrogen and oxygen atoms in total. The first-order valence-electron chi connectivity index (χ1n) is 3.06. The van der Waals surface area contributed by atoms with Gasteiger partial charge in [0.25, 0.3) is 0 Å². The van der Waals surface area contributed by atoms with E-state index < -0.39 is 0 Å². The Hall–Kier alpha value is -1.05. The van der Waals surface area contributed by atoms with Crippen LogP contribution in [-0.4, -0.2) is 12.6 Å². The first-order valence-corrected chi connectivity index (χ1v) is 3.06. The van der Waals surface area contributed by atoms with Gasteiger partial charge in [0, 0.05) is 6.08 Å². The molecular weight excluding hydrogens is 128 g/mol. The zero-order chi connectivity index (χ0) is 7.82. The molecule has 0 aromatic heterocycles. The number of carbonyl (C=O) groups is 1. The topological polar surface area (TPSA) is 26.3 Å². The van der Waals surface area contributed by atoms with E-state index in [-0.39, 0.29) is 12.6 Å². The van der Waals surface area contributed by atoms with Crippen LogP contribution in [-0.2, 0) is 9.53 Å². The molecule has 0 heterocycles. The predicted octanol–water partition coefficient (Wildman–Crippen LogP) is 1.50. The molecule has 2 heteroatoms. The van der Waals surface area contributed by atoms with Crippen molar-refractivity contribution in [1.29, 1.82) is 0 Å². The second kappa shape index (κ2) is 6.08. The Morgan fingerprint density at radius 3 is 2.80 bits per heavy atom. The van der Waals surface area contributed by atoms with Gasteiger partial charge in [-0.2, -0.15) is 0 Å². The number of ether oxygens (including phenoxy) is 1. The minimum Gasteiger partial charge on any atom is -0.463 e. The molecule has 10 heavy (non-hydrogen) atoms. The van der Waals surface area contributed by atoms with Gasteiger partial charge in [-0.3, -0.25) is 0 Å². The van der Waals surface area contributed by atoms with Crippen LogP contribution in [0.4, 0.5) is 0 Å². The van der Waals surface area contributed by atoms with Crippen LogP contribution >= 0.6 is 0 Å². The van der Waals surface area contributed by atoms with Crippen molar-refractivity contribution in [2.75, 3.05) is 6.61 Å². The highest BCUT2D eigenvalue weighted by Gasteiger charge is 1.89. The molecule has 0 fully saturated rings. The van der Waals surface area contributed by atoms with Crippen molar-refractivity contribution < 1.29 is 9.53 Å². The fourth-order valence-corrected chi connectivity index (χ4v) is 0.394. The summed E-state index contributed by atoms with van der Waals surface area (Å²) in [4.78, 5) is 10.5. The van der Waals surface area contributed by atoms with Crippen LogP contribution in [0.3, 0.4) is 0 Å². The maximum Gasteiger partial charge on any atom is 0.330 e. The molecule has 0 atom stereocenters. The molecule has 0 bridgehead atoms. The lowest BCUT2D eigenvalue weighted by molar-refractivity contribution is -0.136. The summed E-state index contributed by atoms with van der Waals surface area (Å²) in [6.07, 6.45) is 6.56. The lowest BCUT2D eigenvalue weighted by Gasteiger charge is -1.91. The van der Waals surface area contributed by atoms with Gasteiger partial charge in [0.15, 0.2) is 0 Å². The third kappa shape index (κ3) is 5.09. The van der Waals surface area contributed by atoms with E-state index in [0.29, 0.717) is 0 Å². The molecule has 0 saturated carbocycles. The van der Waals surface area contributed by atoms with Crippen LogP contribution in [0, 0.1) is 6.92 Å². The summed E-state index contributed by atoms with van der Waals surface area (Å²) in [7, 11) is 0. The largest absolute Gasteiger partial charge is 0.463 e. The highest BCUT2D eigenvalue weighted by molar-refractivity contribution is 5.82. The van der Waals surface area contributed by atoms with Gasteiger partial charge in [-0.05, 0) is 13.8 Å². The number of esters is 1. The zero-order valence-electron chi connectivity index (χ0n) is 6.04. The Bertz CT molecular complexity index is 145. The maximum absolute atomic E-state index is 10.5. The van der Waals surface area contributed by atoms with E-state index in [1.54, 1.807) is 12.2 Å². The number of allylic oxidation sites excluding steroid dienone is 3. The van der Waals surface area contributed by atoms with Gasteiger partial charge in [-0.15, -0.1) is 0 Å². The standard InChI is InChI=1S/C8H11O2/c1-3-5-6-7-8(9)10-4-2/h3,5-7H,2,4H2,1H3. The molecular formula is C8H11O2. The first-order chi connectivity index (χ1) is 4.81. The summed E-state index contributed by atoms with van der Waals surface area (Å²) < 4.78 is 4.52. The lowest BCUT2D eigenvalue weighted by Crippen LogP contribution is -1.98. The van der Waals surface area contributed by atoms with Crippen molar-refractivity contribution in [3.8, 4) is 0 Å². The van der Waals surface area contributed by atoms with Crippen molar-refractivity contribution in [1.82, 2.24) is 0 Å². The van der Waals surface area contributed by atoms with E-state index in [2.05, 4.69) is 11.7 Å². The minimum absolute atomic E-state index is 0.180. The van der Waals surface area contributed by atoms with Gasteiger partial charge in [-0.1, -0.05) is 18.2 Å². The van der Waals surface area contributed by atoms with Gasteiger partial charge in [0.1, 0.15) is 0 Å². The van der Waals surface area contributed by atoms with Crippen LogP contribution < -0.4 is 0 Å². The van der Waals surface area contributed by atoms with Gasteiger partial charge in [-0.25, -0.2) is 4.79 Å². The minimum atomic E-state index is -0.354. The predicted molar refractivity (Wildman–Crippen MR) is 40.3 cm³/mol. The van der Waals surface area contributed by atoms with E-state index in [1.165, 1.54) is 6.08 Å². The maximum atomic E-state index is 10.5. The van der Waals surface area contributed by atoms with E-state index in [9.17, 15) is 4.79 Å². The zero-order valence-corrected chi connectivity index (χ0v) is 6.04. The van der Waals surface area contributed by atoms with Gasteiger partial charge >= 0.3 is 5.97 Å². The molecule has 0 saturated heterocycles. The molecule has 0 aliphatic rings. The molecule has 0 aromatic carbocycles. The SMILES string of the molecule is [CH2]COC(=O)C=CC=CC. The van der Waals surface area contributed by atoms with Gasteiger partial charge in [0.05, 0.1) is 6.61 Å². The fraction of sp³-hybridized carbons (Fsp3) is 0.250. The molecule has 55 valence electrons. The van der Waals surface area contributed by atoms with Crippen LogP contribution in [0.2, 0.25) is 0 Å². The second-order valence-electron chi connectivity index (χ2n) is 1.55.